The highest BCUT2D eigenvalue weighted by atomic mass is 32.1. The van der Waals surface area contributed by atoms with E-state index in [1.165, 1.54) is 11.3 Å². The summed E-state index contributed by atoms with van der Waals surface area (Å²) >= 11 is 1.34. The molecule has 1 aliphatic heterocycles. The van der Waals surface area contributed by atoms with E-state index in [0.717, 1.165) is 0 Å². The average molecular weight is 243 g/mol. The summed E-state index contributed by atoms with van der Waals surface area (Å²) in [5.74, 6) is -0.221. The molecule has 0 radical (unpaired) electrons. The molecule has 1 aromatic heterocycles. The minimum atomic E-state index is -0.853. The Labute approximate surface area is 96.7 Å². The van der Waals surface area contributed by atoms with Crippen molar-refractivity contribution >= 4 is 17.2 Å². The van der Waals surface area contributed by atoms with E-state index in [1.807, 2.05) is 5.38 Å². The lowest BCUT2D eigenvalue weighted by atomic mass is 10.1. The summed E-state index contributed by atoms with van der Waals surface area (Å²) in [6.07, 6.45) is -1.46. The van der Waals surface area contributed by atoms with E-state index < -0.39 is 18.2 Å². The van der Waals surface area contributed by atoms with Gasteiger partial charge in [-0.3, -0.25) is 4.79 Å². The predicted molar refractivity (Wildman–Crippen MR) is 58.4 cm³/mol. The van der Waals surface area contributed by atoms with Gasteiger partial charge in [-0.2, -0.15) is 0 Å². The van der Waals surface area contributed by atoms with E-state index in [9.17, 15) is 9.90 Å². The van der Waals surface area contributed by atoms with Crippen LogP contribution in [0.3, 0.4) is 0 Å². The highest BCUT2D eigenvalue weighted by Gasteiger charge is 2.36. The Hall–Kier alpha value is -0.950. The molecule has 0 aliphatic carbocycles. The SMILES string of the molecule is O=C(N[C@H]1CO[C@@H](CO)[C@@H]1O)c1cccs1. The summed E-state index contributed by atoms with van der Waals surface area (Å²) in [5, 5.41) is 23.1. The maximum absolute atomic E-state index is 11.7. The molecule has 1 aliphatic rings. The van der Waals surface area contributed by atoms with Gasteiger partial charge in [0.15, 0.2) is 0 Å². The minimum absolute atomic E-state index is 0.221. The van der Waals surface area contributed by atoms with Gasteiger partial charge in [0.25, 0.3) is 5.91 Å². The largest absolute Gasteiger partial charge is 0.394 e. The van der Waals surface area contributed by atoms with Crippen LogP contribution in [0.25, 0.3) is 0 Å². The molecule has 2 rings (SSSR count). The van der Waals surface area contributed by atoms with Crippen LogP contribution in [0.2, 0.25) is 0 Å². The van der Waals surface area contributed by atoms with Crippen LogP contribution in [0.4, 0.5) is 0 Å². The van der Waals surface area contributed by atoms with Gasteiger partial charge in [-0.1, -0.05) is 6.07 Å². The molecule has 0 unspecified atom stereocenters. The van der Waals surface area contributed by atoms with Gasteiger partial charge in [-0.05, 0) is 11.4 Å². The van der Waals surface area contributed by atoms with Crippen molar-refractivity contribution in [3.05, 3.63) is 22.4 Å². The van der Waals surface area contributed by atoms with Crippen molar-refractivity contribution in [3.8, 4) is 0 Å². The van der Waals surface area contributed by atoms with Crippen LogP contribution in [-0.4, -0.2) is 47.6 Å². The number of nitrogens with one attached hydrogen (secondary N) is 1. The van der Waals surface area contributed by atoms with Crippen molar-refractivity contribution in [2.45, 2.75) is 18.2 Å². The normalized spacial score (nSPS) is 29.2. The Bertz CT molecular complexity index is 354. The van der Waals surface area contributed by atoms with E-state index >= 15 is 0 Å². The second kappa shape index (κ2) is 4.92. The molecule has 6 heteroatoms. The zero-order valence-corrected chi connectivity index (χ0v) is 9.31. The highest BCUT2D eigenvalue weighted by Crippen LogP contribution is 2.15. The first-order valence-electron chi connectivity index (χ1n) is 4.97. The van der Waals surface area contributed by atoms with E-state index in [0.29, 0.717) is 4.88 Å². The highest BCUT2D eigenvalue weighted by molar-refractivity contribution is 7.12. The van der Waals surface area contributed by atoms with Crippen LogP contribution in [0.1, 0.15) is 9.67 Å². The van der Waals surface area contributed by atoms with Crippen molar-refractivity contribution in [1.82, 2.24) is 5.32 Å². The molecule has 88 valence electrons. The number of amides is 1. The van der Waals surface area contributed by atoms with E-state index in [2.05, 4.69) is 5.32 Å². The van der Waals surface area contributed by atoms with Crippen LogP contribution < -0.4 is 5.32 Å². The molecule has 1 fully saturated rings. The smallest absolute Gasteiger partial charge is 0.261 e. The van der Waals surface area contributed by atoms with Crippen LogP contribution in [0.5, 0.6) is 0 Å². The lowest BCUT2D eigenvalue weighted by molar-refractivity contribution is 0.00278. The topological polar surface area (TPSA) is 78.8 Å². The second-order valence-electron chi connectivity index (χ2n) is 3.60. The number of aliphatic hydroxyl groups excluding tert-OH is 2. The fourth-order valence-corrected chi connectivity index (χ4v) is 2.25. The summed E-state index contributed by atoms with van der Waals surface area (Å²) in [6.45, 7) is -0.0178. The molecule has 0 bridgehead atoms. The monoisotopic (exact) mass is 243 g/mol. The van der Waals surface area contributed by atoms with Crippen LogP contribution >= 0.6 is 11.3 Å². The standard InChI is InChI=1S/C10H13NO4S/c12-4-7-9(13)6(5-15-7)11-10(14)8-2-1-3-16-8/h1-3,6-7,9,12-13H,4-5H2,(H,11,14)/t6-,7-,9+/m0/s1. The van der Waals surface area contributed by atoms with Crippen molar-refractivity contribution < 1.29 is 19.7 Å². The summed E-state index contributed by atoms with van der Waals surface area (Å²) in [7, 11) is 0. The third kappa shape index (κ3) is 2.25. The molecule has 1 saturated heterocycles. The number of thiophene rings is 1. The molecule has 5 nitrogen and oxygen atoms in total. The summed E-state index contributed by atoms with van der Waals surface area (Å²) < 4.78 is 5.13. The molecule has 3 atom stereocenters. The lowest BCUT2D eigenvalue weighted by Crippen LogP contribution is -2.44. The van der Waals surface area contributed by atoms with Gasteiger partial charge in [0, 0.05) is 0 Å². The summed E-state index contributed by atoms with van der Waals surface area (Å²) in [6, 6.07) is 3.05. The van der Waals surface area contributed by atoms with Gasteiger partial charge in [-0.15, -0.1) is 11.3 Å². The first-order chi connectivity index (χ1) is 7.72. The van der Waals surface area contributed by atoms with Gasteiger partial charge in [0.05, 0.1) is 24.1 Å². The first kappa shape index (κ1) is 11.5. The molecule has 0 spiro atoms. The number of rotatable bonds is 3. The molecule has 1 aromatic rings. The third-order valence-electron chi connectivity index (χ3n) is 2.52. The van der Waals surface area contributed by atoms with Gasteiger partial charge in [0.1, 0.15) is 12.2 Å². The van der Waals surface area contributed by atoms with E-state index in [4.69, 9.17) is 9.84 Å². The number of carbonyl (C=O) groups excluding carboxylic acids is 1. The maximum Gasteiger partial charge on any atom is 0.261 e. The number of hydrogen-bond donors (Lipinski definition) is 3. The van der Waals surface area contributed by atoms with Crippen LogP contribution in [-0.2, 0) is 4.74 Å². The molecule has 16 heavy (non-hydrogen) atoms. The zero-order chi connectivity index (χ0) is 11.5. The Morgan fingerprint density at radius 2 is 2.50 bits per heavy atom. The van der Waals surface area contributed by atoms with E-state index in [1.54, 1.807) is 12.1 Å². The van der Waals surface area contributed by atoms with Crippen molar-refractivity contribution in [3.63, 3.8) is 0 Å². The molecule has 3 N–H and O–H groups in total. The van der Waals surface area contributed by atoms with Crippen LogP contribution in [0, 0.1) is 0 Å². The van der Waals surface area contributed by atoms with Gasteiger partial charge in [-0.25, -0.2) is 0 Å². The van der Waals surface area contributed by atoms with Crippen molar-refractivity contribution in [2.24, 2.45) is 0 Å². The molecule has 2 heterocycles. The molecular weight excluding hydrogens is 230 g/mol. The number of carbonyl (C=O) groups is 1. The molecular formula is C10H13NO4S. The summed E-state index contributed by atoms with van der Waals surface area (Å²) in [4.78, 5) is 12.3. The molecule has 0 aromatic carbocycles. The summed E-state index contributed by atoms with van der Waals surface area (Å²) in [5.41, 5.74) is 0. The Kier molecular flexibility index (Phi) is 3.55. The fourth-order valence-electron chi connectivity index (χ4n) is 1.62. The number of hydrogen-bond acceptors (Lipinski definition) is 5. The second-order valence-corrected chi connectivity index (χ2v) is 4.55. The molecule has 1 amide bonds. The fraction of sp³-hybridized carbons (Fsp3) is 0.500. The number of aliphatic hydroxyl groups is 2. The van der Waals surface area contributed by atoms with Crippen LogP contribution in [0.15, 0.2) is 17.5 Å². The van der Waals surface area contributed by atoms with Gasteiger partial charge >= 0.3 is 0 Å². The minimum Gasteiger partial charge on any atom is -0.394 e. The third-order valence-corrected chi connectivity index (χ3v) is 3.39. The van der Waals surface area contributed by atoms with Crippen molar-refractivity contribution in [1.29, 1.82) is 0 Å². The predicted octanol–water partition coefficient (Wildman–Crippen LogP) is -0.401. The lowest BCUT2D eigenvalue weighted by Gasteiger charge is -2.16. The average Bonchev–Trinajstić information content (AvgIpc) is 2.89. The zero-order valence-electron chi connectivity index (χ0n) is 8.50. The van der Waals surface area contributed by atoms with Crippen molar-refractivity contribution in [2.75, 3.05) is 13.2 Å². The van der Waals surface area contributed by atoms with Gasteiger partial charge < -0.3 is 20.3 Å². The Morgan fingerprint density at radius 3 is 3.06 bits per heavy atom. The van der Waals surface area contributed by atoms with E-state index in [-0.39, 0.29) is 19.1 Å². The maximum atomic E-state index is 11.7. The Morgan fingerprint density at radius 1 is 1.69 bits per heavy atom. The quantitative estimate of drug-likeness (QED) is 0.675. The molecule has 0 saturated carbocycles. The first-order valence-corrected chi connectivity index (χ1v) is 5.85. The number of ether oxygens (including phenoxy) is 1. The Balaban J connectivity index is 1.94. The van der Waals surface area contributed by atoms with Gasteiger partial charge in [0.2, 0.25) is 0 Å².